The van der Waals surface area contributed by atoms with Crippen molar-refractivity contribution >= 4 is 6.29 Å². The number of rotatable bonds is 4. The standard InChI is InChI=1S/C11H15NO/c1-3-5-9-6-7-12-11(4-2)10(9)8-13/h6-8H,3-5H2,1-2H3. The Morgan fingerprint density at radius 2 is 2.23 bits per heavy atom. The van der Waals surface area contributed by atoms with Gasteiger partial charge in [-0.25, -0.2) is 0 Å². The minimum absolute atomic E-state index is 0.798. The zero-order valence-electron chi connectivity index (χ0n) is 8.21. The van der Waals surface area contributed by atoms with E-state index in [1.165, 1.54) is 0 Å². The summed E-state index contributed by atoms with van der Waals surface area (Å²) < 4.78 is 0. The van der Waals surface area contributed by atoms with Gasteiger partial charge in [-0.1, -0.05) is 20.3 Å². The van der Waals surface area contributed by atoms with E-state index >= 15 is 0 Å². The van der Waals surface area contributed by atoms with Gasteiger partial charge in [-0.15, -0.1) is 0 Å². The summed E-state index contributed by atoms with van der Waals surface area (Å²) in [6.07, 6.45) is 5.57. The Bertz CT molecular complexity index is 294. The molecule has 0 aliphatic heterocycles. The van der Waals surface area contributed by atoms with Gasteiger partial charge in [-0.05, 0) is 24.5 Å². The van der Waals surface area contributed by atoms with E-state index < -0.39 is 0 Å². The molecule has 0 unspecified atom stereocenters. The van der Waals surface area contributed by atoms with E-state index in [1.54, 1.807) is 6.20 Å². The molecular weight excluding hydrogens is 162 g/mol. The van der Waals surface area contributed by atoms with Crippen LogP contribution in [0.4, 0.5) is 0 Å². The zero-order valence-corrected chi connectivity index (χ0v) is 8.21. The Balaban J connectivity index is 3.10. The second-order valence-corrected chi connectivity index (χ2v) is 3.05. The first-order chi connectivity index (χ1) is 6.33. The third kappa shape index (κ3) is 2.14. The molecule has 2 nitrogen and oxygen atoms in total. The number of hydrogen-bond donors (Lipinski definition) is 0. The molecule has 0 saturated heterocycles. The monoisotopic (exact) mass is 177 g/mol. The fraction of sp³-hybridized carbons (Fsp3) is 0.455. The lowest BCUT2D eigenvalue weighted by atomic mass is 10.0. The van der Waals surface area contributed by atoms with Crippen molar-refractivity contribution in [3.8, 4) is 0 Å². The van der Waals surface area contributed by atoms with Crippen molar-refractivity contribution in [2.45, 2.75) is 33.1 Å². The van der Waals surface area contributed by atoms with Gasteiger partial charge < -0.3 is 0 Å². The van der Waals surface area contributed by atoms with Gasteiger partial charge in [0.1, 0.15) is 0 Å². The highest BCUT2D eigenvalue weighted by atomic mass is 16.1. The van der Waals surface area contributed by atoms with E-state index in [1.807, 2.05) is 13.0 Å². The number of aryl methyl sites for hydroxylation is 2. The van der Waals surface area contributed by atoms with E-state index in [9.17, 15) is 4.79 Å². The van der Waals surface area contributed by atoms with Crippen LogP contribution in [0.25, 0.3) is 0 Å². The number of hydrogen-bond acceptors (Lipinski definition) is 2. The van der Waals surface area contributed by atoms with Crippen molar-refractivity contribution in [2.75, 3.05) is 0 Å². The van der Waals surface area contributed by atoms with Gasteiger partial charge in [-0.2, -0.15) is 0 Å². The van der Waals surface area contributed by atoms with Crippen molar-refractivity contribution in [1.82, 2.24) is 4.98 Å². The molecule has 1 aromatic rings. The van der Waals surface area contributed by atoms with Gasteiger partial charge in [0.15, 0.2) is 6.29 Å². The largest absolute Gasteiger partial charge is 0.298 e. The van der Waals surface area contributed by atoms with Crippen LogP contribution in [0.1, 0.15) is 41.9 Å². The van der Waals surface area contributed by atoms with Crippen molar-refractivity contribution in [3.63, 3.8) is 0 Å². The quantitative estimate of drug-likeness (QED) is 0.661. The molecule has 0 bridgehead atoms. The first-order valence-electron chi connectivity index (χ1n) is 4.75. The maximum atomic E-state index is 10.8. The molecule has 13 heavy (non-hydrogen) atoms. The Morgan fingerprint density at radius 1 is 1.46 bits per heavy atom. The highest BCUT2D eigenvalue weighted by molar-refractivity contribution is 5.78. The predicted octanol–water partition coefficient (Wildman–Crippen LogP) is 2.41. The predicted molar refractivity (Wildman–Crippen MR) is 53.0 cm³/mol. The van der Waals surface area contributed by atoms with Crippen LogP contribution in [0.2, 0.25) is 0 Å². The van der Waals surface area contributed by atoms with E-state index in [-0.39, 0.29) is 0 Å². The summed E-state index contributed by atoms with van der Waals surface area (Å²) in [5.41, 5.74) is 2.84. The number of aromatic nitrogens is 1. The molecule has 0 N–H and O–H groups in total. The molecule has 0 aliphatic rings. The molecule has 0 aromatic carbocycles. The van der Waals surface area contributed by atoms with Gasteiger partial charge in [0.05, 0.1) is 5.69 Å². The molecule has 0 fully saturated rings. The van der Waals surface area contributed by atoms with Gasteiger partial charge in [0.25, 0.3) is 0 Å². The second-order valence-electron chi connectivity index (χ2n) is 3.05. The van der Waals surface area contributed by atoms with E-state index in [2.05, 4.69) is 11.9 Å². The summed E-state index contributed by atoms with van der Waals surface area (Å²) in [7, 11) is 0. The van der Waals surface area contributed by atoms with E-state index in [0.29, 0.717) is 0 Å². The Labute approximate surface area is 79.0 Å². The zero-order chi connectivity index (χ0) is 9.68. The van der Waals surface area contributed by atoms with Crippen LogP contribution in [-0.4, -0.2) is 11.3 Å². The van der Waals surface area contributed by atoms with Crippen molar-refractivity contribution in [1.29, 1.82) is 0 Å². The van der Waals surface area contributed by atoms with Crippen molar-refractivity contribution < 1.29 is 4.79 Å². The second kappa shape index (κ2) is 4.75. The van der Waals surface area contributed by atoms with Gasteiger partial charge in [-0.3, -0.25) is 9.78 Å². The highest BCUT2D eigenvalue weighted by Gasteiger charge is 2.05. The minimum atomic E-state index is 0.798. The third-order valence-corrected chi connectivity index (χ3v) is 2.14. The molecule has 0 amide bonds. The summed E-state index contributed by atoms with van der Waals surface area (Å²) in [5.74, 6) is 0. The molecule has 0 saturated carbocycles. The maximum absolute atomic E-state index is 10.8. The summed E-state index contributed by atoms with van der Waals surface area (Å²) in [4.78, 5) is 15.0. The summed E-state index contributed by atoms with van der Waals surface area (Å²) in [6, 6.07) is 1.94. The first kappa shape index (κ1) is 9.90. The van der Waals surface area contributed by atoms with Crippen LogP contribution in [0.5, 0.6) is 0 Å². The number of aldehydes is 1. The Hall–Kier alpha value is -1.18. The average molecular weight is 177 g/mol. The lowest BCUT2D eigenvalue weighted by Gasteiger charge is -2.06. The van der Waals surface area contributed by atoms with Crippen molar-refractivity contribution in [2.24, 2.45) is 0 Å². The van der Waals surface area contributed by atoms with Crippen LogP contribution in [0.15, 0.2) is 12.3 Å². The molecule has 0 spiro atoms. The SMILES string of the molecule is CCCc1ccnc(CC)c1C=O. The molecule has 1 rings (SSSR count). The molecule has 0 atom stereocenters. The normalized spacial score (nSPS) is 10.0. The summed E-state index contributed by atoms with van der Waals surface area (Å²) in [6.45, 7) is 4.13. The van der Waals surface area contributed by atoms with E-state index in [4.69, 9.17) is 0 Å². The molecule has 1 heterocycles. The van der Waals surface area contributed by atoms with Crippen LogP contribution < -0.4 is 0 Å². The summed E-state index contributed by atoms with van der Waals surface area (Å²) >= 11 is 0. The fourth-order valence-corrected chi connectivity index (χ4v) is 1.47. The number of carbonyl (C=O) groups excluding carboxylic acids is 1. The van der Waals surface area contributed by atoms with Gasteiger partial charge in [0.2, 0.25) is 0 Å². The van der Waals surface area contributed by atoms with Crippen LogP contribution in [-0.2, 0) is 12.8 Å². The number of pyridine rings is 1. The number of nitrogens with zero attached hydrogens (tertiary/aromatic N) is 1. The molecular formula is C11H15NO. The topological polar surface area (TPSA) is 30.0 Å². The van der Waals surface area contributed by atoms with Gasteiger partial charge >= 0.3 is 0 Å². The molecule has 2 heteroatoms. The molecule has 1 aromatic heterocycles. The van der Waals surface area contributed by atoms with Crippen LogP contribution in [0, 0.1) is 0 Å². The fourth-order valence-electron chi connectivity index (χ4n) is 1.47. The lowest BCUT2D eigenvalue weighted by molar-refractivity contribution is 0.112. The smallest absolute Gasteiger partial charge is 0.152 e. The molecule has 0 radical (unpaired) electrons. The molecule has 0 aliphatic carbocycles. The van der Waals surface area contributed by atoms with Gasteiger partial charge in [0, 0.05) is 11.8 Å². The highest BCUT2D eigenvalue weighted by Crippen LogP contribution is 2.12. The van der Waals surface area contributed by atoms with Crippen molar-refractivity contribution in [3.05, 3.63) is 29.1 Å². The first-order valence-corrected chi connectivity index (χ1v) is 4.75. The summed E-state index contributed by atoms with van der Waals surface area (Å²) in [5, 5.41) is 0. The average Bonchev–Trinajstić information content (AvgIpc) is 2.18. The van der Waals surface area contributed by atoms with E-state index in [0.717, 1.165) is 42.4 Å². The maximum Gasteiger partial charge on any atom is 0.152 e. The minimum Gasteiger partial charge on any atom is -0.298 e. The third-order valence-electron chi connectivity index (χ3n) is 2.14. The molecule has 70 valence electrons. The van der Waals surface area contributed by atoms with Crippen LogP contribution in [0.3, 0.4) is 0 Å². The Morgan fingerprint density at radius 3 is 2.77 bits per heavy atom. The lowest BCUT2D eigenvalue weighted by Crippen LogP contribution is -2.00. The van der Waals surface area contributed by atoms with Crippen LogP contribution >= 0.6 is 0 Å². The Kier molecular flexibility index (Phi) is 3.62. The number of carbonyl (C=O) groups is 1.